The van der Waals surface area contributed by atoms with Gasteiger partial charge in [0.15, 0.2) is 0 Å². The first-order chi connectivity index (χ1) is 9.67. The van der Waals surface area contributed by atoms with Crippen LogP contribution in [0, 0.1) is 5.82 Å². The van der Waals surface area contributed by atoms with E-state index >= 15 is 0 Å². The molecule has 0 saturated heterocycles. The zero-order valence-electron chi connectivity index (χ0n) is 12.9. The monoisotopic (exact) mass is 282 g/mol. The van der Waals surface area contributed by atoms with E-state index in [4.69, 9.17) is 4.74 Å². The lowest BCUT2D eigenvalue weighted by atomic mass is 10.0. The molecule has 1 N–H and O–H groups in total. The molecule has 1 aromatic carbocycles. The highest BCUT2D eigenvalue weighted by molar-refractivity contribution is 5.19. The molecule has 0 aliphatic heterocycles. The third-order valence-electron chi connectivity index (χ3n) is 3.39. The summed E-state index contributed by atoms with van der Waals surface area (Å²) in [6.45, 7) is 5.80. The van der Waals surface area contributed by atoms with Crippen molar-refractivity contribution in [3.05, 3.63) is 35.6 Å². The molecule has 20 heavy (non-hydrogen) atoms. The molecule has 0 heterocycles. The van der Waals surface area contributed by atoms with Crippen molar-refractivity contribution >= 4 is 0 Å². The molecule has 0 spiro atoms. The van der Waals surface area contributed by atoms with Crippen LogP contribution in [0.15, 0.2) is 24.3 Å². The topological polar surface area (TPSA) is 24.5 Å². The van der Waals surface area contributed by atoms with Crippen LogP contribution in [0.2, 0.25) is 0 Å². The van der Waals surface area contributed by atoms with Crippen molar-refractivity contribution in [1.29, 1.82) is 0 Å². The van der Waals surface area contributed by atoms with E-state index in [1.807, 2.05) is 12.1 Å². The maximum Gasteiger partial charge on any atom is 0.123 e. The molecule has 0 aliphatic rings. The van der Waals surface area contributed by atoms with Crippen molar-refractivity contribution in [2.45, 2.75) is 25.8 Å². The molecular formula is C16H27FN2O. The van der Waals surface area contributed by atoms with E-state index in [-0.39, 0.29) is 11.9 Å². The van der Waals surface area contributed by atoms with Gasteiger partial charge in [0.2, 0.25) is 0 Å². The Morgan fingerprint density at radius 2 is 1.95 bits per heavy atom. The molecule has 1 rings (SSSR count). The summed E-state index contributed by atoms with van der Waals surface area (Å²) in [5, 5.41) is 3.54. The molecule has 1 atom stereocenters. The van der Waals surface area contributed by atoms with Crippen LogP contribution < -0.4 is 5.32 Å². The highest BCUT2D eigenvalue weighted by Crippen LogP contribution is 2.17. The number of nitrogens with zero attached hydrogens (tertiary/aromatic N) is 1. The maximum atomic E-state index is 13.0. The van der Waals surface area contributed by atoms with Gasteiger partial charge in [0, 0.05) is 19.7 Å². The van der Waals surface area contributed by atoms with Gasteiger partial charge in [-0.1, -0.05) is 19.1 Å². The summed E-state index contributed by atoms with van der Waals surface area (Å²) < 4.78 is 18.1. The smallest absolute Gasteiger partial charge is 0.123 e. The number of hydrogen-bond donors (Lipinski definition) is 1. The summed E-state index contributed by atoms with van der Waals surface area (Å²) in [6, 6.07) is 7.09. The largest absolute Gasteiger partial charge is 0.383 e. The quantitative estimate of drug-likeness (QED) is 0.714. The molecule has 3 nitrogen and oxygen atoms in total. The van der Waals surface area contributed by atoms with E-state index in [1.54, 1.807) is 7.11 Å². The SMILES string of the molecule is CCCNC(CCN(C)CCOC)c1ccc(F)cc1. The zero-order chi connectivity index (χ0) is 14.8. The van der Waals surface area contributed by atoms with Gasteiger partial charge < -0.3 is 15.0 Å². The Balaban J connectivity index is 2.53. The molecule has 4 heteroatoms. The Morgan fingerprint density at radius 3 is 2.55 bits per heavy atom. The summed E-state index contributed by atoms with van der Waals surface area (Å²) in [4.78, 5) is 2.26. The lowest BCUT2D eigenvalue weighted by molar-refractivity contribution is 0.158. The van der Waals surface area contributed by atoms with Crippen LogP contribution in [0.1, 0.15) is 31.4 Å². The van der Waals surface area contributed by atoms with Gasteiger partial charge in [-0.2, -0.15) is 0 Å². The van der Waals surface area contributed by atoms with Crippen LogP contribution in [0.25, 0.3) is 0 Å². The average molecular weight is 282 g/mol. The number of rotatable bonds is 10. The van der Waals surface area contributed by atoms with E-state index in [9.17, 15) is 4.39 Å². The molecule has 0 aliphatic carbocycles. The Bertz CT molecular complexity index is 356. The molecule has 0 amide bonds. The van der Waals surface area contributed by atoms with Crippen molar-refractivity contribution < 1.29 is 9.13 Å². The Hall–Kier alpha value is -0.970. The van der Waals surface area contributed by atoms with Crippen molar-refractivity contribution in [2.75, 3.05) is 40.4 Å². The van der Waals surface area contributed by atoms with E-state index in [0.29, 0.717) is 0 Å². The van der Waals surface area contributed by atoms with Crippen molar-refractivity contribution in [1.82, 2.24) is 10.2 Å². The van der Waals surface area contributed by atoms with Gasteiger partial charge in [0.25, 0.3) is 0 Å². The maximum absolute atomic E-state index is 13.0. The van der Waals surface area contributed by atoms with E-state index in [2.05, 4.69) is 24.2 Å². The minimum atomic E-state index is -0.180. The highest BCUT2D eigenvalue weighted by Gasteiger charge is 2.11. The molecule has 0 bridgehead atoms. The van der Waals surface area contributed by atoms with Crippen molar-refractivity contribution in [2.24, 2.45) is 0 Å². The summed E-state index contributed by atoms with van der Waals surface area (Å²) in [7, 11) is 3.82. The Labute approximate surface area is 122 Å². The summed E-state index contributed by atoms with van der Waals surface area (Å²) >= 11 is 0. The number of halogens is 1. The first-order valence-corrected chi connectivity index (χ1v) is 7.33. The van der Waals surface area contributed by atoms with E-state index < -0.39 is 0 Å². The second kappa shape index (κ2) is 9.86. The lowest BCUT2D eigenvalue weighted by Gasteiger charge is -2.23. The van der Waals surface area contributed by atoms with E-state index in [0.717, 1.165) is 44.6 Å². The fraction of sp³-hybridized carbons (Fsp3) is 0.625. The average Bonchev–Trinajstić information content (AvgIpc) is 2.46. The summed E-state index contributed by atoms with van der Waals surface area (Å²) in [5.41, 5.74) is 1.15. The van der Waals surface area contributed by atoms with Gasteiger partial charge >= 0.3 is 0 Å². The Morgan fingerprint density at radius 1 is 1.25 bits per heavy atom. The molecule has 114 valence electrons. The first kappa shape index (κ1) is 17.1. The number of hydrogen-bond acceptors (Lipinski definition) is 3. The standard InChI is InChI=1S/C16H27FN2O/c1-4-10-18-16(9-11-19(2)12-13-20-3)14-5-7-15(17)8-6-14/h5-8,16,18H,4,9-13H2,1-3H3. The van der Waals surface area contributed by atoms with Crippen LogP contribution in [-0.2, 0) is 4.74 Å². The zero-order valence-corrected chi connectivity index (χ0v) is 12.9. The predicted molar refractivity (Wildman–Crippen MR) is 81.4 cm³/mol. The first-order valence-electron chi connectivity index (χ1n) is 7.33. The van der Waals surface area contributed by atoms with Crippen LogP contribution in [0.4, 0.5) is 4.39 Å². The molecular weight excluding hydrogens is 255 g/mol. The van der Waals surface area contributed by atoms with Gasteiger partial charge in [-0.15, -0.1) is 0 Å². The summed E-state index contributed by atoms with van der Waals surface area (Å²) in [5.74, 6) is -0.180. The predicted octanol–water partition coefficient (Wildman–Crippen LogP) is 2.83. The molecule has 1 aromatic rings. The number of likely N-dealkylation sites (N-methyl/N-ethyl adjacent to an activating group) is 1. The lowest BCUT2D eigenvalue weighted by Crippen LogP contribution is -2.29. The molecule has 0 radical (unpaired) electrons. The van der Waals surface area contributed by atoms with Crippen LogP contribution >= 0.6 is 0 Å². The molecule has 0 saturated carbocycles. The van der Waals surface area contributed by atoms with Crippen molar-refractivity contribution in [3.8, 4) is 0 Å². The number of benzene rings is 1. The molecule has 1 unspecified atom stereocenters. The van der Waals surface area contributed by atoms with Gasteiger partial charge in [0.05, 0.1) is 6.61 Å². The third kappa shape index (κ3) is 6.46. The molecule has 0 aromatic heterocycles. The fourth-order valence-electron chi connectivity index (χ4n) is 2.11. The van der Waals surface area contributed by atoms with Gasteiger partial charge in [-0.25, -0.2) is 4.39 Å². The second-order valence-corrected chi connectivity index (χ2v) is 5.14. The highest BCUT2D eigenvalue weighted by atomic mass is 19.1. The van der Waals surface area contributed by atoms with Crippen LogP contribution in [-0.4, -0.2) is 45.3 Å². The van der Waals surface area contributed by atoms with Crippen LogP contribution in [0.5, 0.6) is 0 Å². The summed E-state index contributed by atoms with van der Waals surface area (Å²) in [6.07, 6.45) is 2.10. The number of ether oxygens (including phenoxy) is 1. The van der Waals surface area contributed by atoms with Gasteiger partial charge in [-0.3, -0.25) is 0 Å². The second-order valence-electron chi connectivity index (χ2n) is 5.14. The van der Waals surface area contributed by atoms with E-state index in [1.165, 1.54) is 12.1 Å². The van der Waals surface area contributed by atoms with Gasteiger partial charge in [-0.05, 0) is 50.7 Å². The molecule has 0 fully saturated rings. The van der Waals surface area contributed by atoms with Gasteiger partial charge in [0.1, 0.15) is 5.82 Å². The van der Waals surface area contributed by atoms with Crippen LogP contribution in [0.3, 0.4) is 0 Å². The third-order valence-corrected chi connectivity index (χ3v) is 3.39. The fourth-order valence-corrected chi connectivity index (χ4v) is 2.11. The Kier molecular flexibility index (Phi) is 8.42. The number of methoxy groups -OCH3 is 1. The normalized spacial score (nSPS) is 12.8. The number of nitrogens with one attached hydrogen (secondary N) is 1. The minimum Gasteiger partial charge on any atom is -0.383 e. The van der Waals surface area contributed by atoms with Crippen molar-refractivity contribution in [3.63, 3.8) is 0 Å². The minimum absolute atomic E-state index is 0.180.